The molecule has 0 fully saturated rings. The van der Waals surface area contributed by atoms with E-state index in [1.165, 1.54) is 0 Å². The van der Waals surface area contributed by atoms with Gasteiger partial charge in [0.2, 0.25) is 0 Å². The minimum atomic E-state index is -0.00156. The van der Waals surface area contributed by atoms with Crippen molar-refractivity contribution in [1.82, 2.24) is 4.98 Å². The quantitative estimate of drug-likeness (QED) is 0.339. The zero-order valence-corrected chi connectivity index (χ0v) is 12.0. The van der Waals surface area contributed by atoms with E-state index < -0.39 is 0 Å². The zero-order chi connectivity index (χ0) is 15.2. The number of nitrogens with one attached hydrogen (secondary N) is 1. The Morgan fingerprint density at radius 1 is 1.43 bits per heavy atom. The number of aryl methyl sites for hydroxylation is 1. The van der Waals surface area contributed by atoms with Crippen LogP contribution < -0.4 is 15.8 Å². The summed E-state index contributed by atoms with van der Waals surface area (Å²) in [6.45, 7) is 2.50. The molecule has 0 aliphatic carbocycles. The van der Waals surface area contributed by atoms with Gasteiger partial charge < -0.3 is 21.0 Å². The summed E-state index contributed by atoms with van der Waals surface area (Å²) in [4.78, 5) is 4.13. The Balaban J connectivity index is 2.15. The molecule has 110 valence electrons. The van der Waals surface area contributed by atoms with E-state index >= 15 is 0 Å². The van der Waals surface area contributed by atoms with Crippen molar-refractivity contribution in [3.63, 3.8) is 0 Å². The monoisotopic (exact) mass is 286 g/mol. The summed E-state index contributed by atoms with van der Waals surface area (Å²) in [5.41, 5.74) is 8.95. The Morgan fingerprint density at radius 3 is 2.90 bits per heavy atom. The van der Waals surface area contributed by atoms with Crippen molar-refractivity contribution in [2.75, 3.05) is 12.4 Å². The third kappa shape index (κ3) is 3.42. The van der Waals surface area contributed by atoms with Gasteiger partial charge in [0.15, 0.2) is 5.84 Å². The van der Waals surface area contributed by atoms with Crippen LogP contribution in [0.15, 0.2) is 41.7 Å². The Morgan fingerprint density at radius 2 is 2.24 bits per heavy atom. The van der Waals surface area contributed by atoms with Gasteiger partial charge in [-0.15, -0.1) is 0 Å². The average molecular weight is 286 g/mol. The van der Waals surface area contributed by atoms with Crippen LogP contribution in [0.25, 0.3) is 0 Å². The van der Waals surface area contributed by atoms with Crippen LogP contribution in [0.4, 0.5) is 5.69 Å². The summed E-state index contributed by atoms with van der Waals surface area (Å²) in [5, 5.41) is 15.1. The highest BCUT2D eigenvalue weighted by Crippen LogP contribution is 2.22. The summed E-state index contributed by atoms with van der Waals surface area (Å²) in [5.74, 6) is 0.845. The van der Waals surface area contributed by atoms with Gasteiger partial charge in [-0.3, -0.25) is 4.98 Å². The van der Waals surface area contributed by atoms with Crippen molar-refractivity contribution in [1.29, 1.82) is 0 Å². The van der Waals surface area contributed by atoms with Gasteiger partial charge in [-0.05, 0) is 36.8 Å². The highest BCUT2D eigenvalue weighted by Gasteiger charge is 2.08. The lowest BCUT2D eigenvalue weighted by Gasteiger charge is -2.11. The van der Waals surface area contributed by atoms with Crippen LogP contribution in [0.1, 0.15) is 16.8 Å². The van der Waals surface area contributed by atoms with Crippen molar-refractivity contribution in [3.05, 3.63) is 53.3 Å². The normalized spacial score (nSPS) is 11.2. The number of methoxy groups -OCH3 is 1. The van der Waals surface area contributed by atoms with Gasteiger partial charge in [-0.25, -0.2) is 0 Å². The first kappa shape index (κ1) is 14.6. The van der Waals surface area contributed by atoms with Gasteiger partial charge in [-0.2, -0.15) is 0 Å². The number of oxime groups is 1. The molecule has 1 aromatic carbocycles. The molecule has 2 aromatic rings. The molecule has 0 atom stereocenters. The number of amidine groups is 1. The van der Waals surface area contributed by atoms with Gasteiger partial charge in [-0.1, -0.05) is 11.2 Å². The highest BCUT2D eigenvalue weighted by atomic mass is 16.5. The van der Waals surface area contributed by atoms with Crippen LogP contribution in [-0.2, 0) is 6.54 Å². The number of ether oxygens (including phenoxy) is 1. The predicted octanol–water partition coefficient (Wildman–Crippen LogP) is 2.11. The van der Waals surface area contributed by atoms with Crippen LogP contribution in [-0.4, -0.2) is 23.1 Å². The molecule has 2 rings (SSSR count). The maximum Gasteiger partial charge on any atom is 0.189 e. The maximum absolute atomic E-state index is 8.78. The van der Waals surface area contributed by atoms with Crippen molar-refractivity contribution in [2.45, 2.75) is 13.5 Å². The lowest BCUT2D eigenvalue weighted by molar-refractivity contribution is 0.318. The predicted molar refractivity (Wildman–Crippen MR) is 81.8 cm³/mol. The van der Waals surface area contributed by atoms with E-state index in [2.05, 4.69) is 15.5 Å². The molecule has 1 aromatic heterocycles. The van der Waals surface area contributed by atoms with Crippen molar-refractivity contribution in [2.24, 2.45) is 10.9 Å². The molecular formula is C15H18N4O2. The summed E-state index contributed by atoms with van der Waals surface area (Å²) < 4.78 is 5.23. The van der Waals surface area contributed by atoms with Crippen molar-refractivity contribution < 1.29 is 9.94 Å². The first-order valence-electron chi connectivity index (χ1n) is 6.46. The molecule has 6 nitrogen and oxygen atoms in total. The summed E-state index contributed by atoms with van der Waals surface area (Å²) in [7, 11) is 1.65. The fourth-order valence-corrected chi connectivity index (χ4v) is 2.04. The number of nitrogens with two attached hydrogens (primary N) is 1. The third-order valence-electron chi connectivity index (χ3n) is 3.12. The zero-order valence-electron chi connectivity index (χ0n) is 12.0. The second kappa shape index (κ2) is 6.60. The standard InChI is InChI=1S/C15H18N4O2/c1-10-8-12(5-6-13(10)21-2)18-9-11-4-3-7-17-14(11)15(16)19-20/h3-8,18,20H,9H2,1-2H3,(H2,16,19). The summed E-state index contributed by atoms with van der Waals surface area (Å²) in [6, 6.07) is 9.53. The molecule has 0 bridgehead atoms. The Hall–Kier alpha value is -2.76. The molecule has 0 amide bonds. The Labute approximate surface area is 123 Å². The first-order chi connectivity index (χ1) is 10.2. The molecule has 6 heteroatoms. The molecule has 0 radical (unpaired) electrons. The smallest absolute Gasteiger partial charge is 0.189 e. The fourth-order valence-electron chi connectivity index (χ4n) is 2.04. The molecule has 0 spiro atoms. The molecule has 0 saturated carbocycles. The summed E-state index contributed by atoms with van der Waals surface area (Å²) >= 11 is 0. The van der Waals surface area contributed by atoms with E-state index in [0.29, 0.717) is 12.2 Å². The molecule has 0 aliphatic heterocycles. The van der Waals surface area contributed by atoms with E-state index in [1.54, 1.807) is 13.3 Å². The van der Waals surface area contributed by atoms with Crippen LogP contribution in [0, 0.1) is 6.92 Å². The van der Waals surface area contributed by atoms with E-state index in [-0.39, 0.29) is 5.84 Å². The van der Waals surface area contributed by atoms with Gasteiger partial charge in [0.25, 0.3) is 0 Å². The topological polar surface area (TPSA) is 92.8 Å². The van der Waals surface area contributed by atoms with E-state index in [1.807, 2.05) is 37.3 Å². The van der Waals surface area contributed by atoms with Crippen molar-refractivity contribution in [3.8, 4) is 5.75 Å². The van der Waals surface area contributed by atoms with Crippen LogP contribution >= 0.6 is 0 Å². The van der Waals surface area contributed by atoms with E-state index in [4.69, 9.17) is 15.7 Å². The largest absolute Gasteiger partial charge is 0.496 e. The van der Waals surface area contributed by atoms with Crippen LogP contribution in [0.2, 0.25) is 0 Å². The average Bonchev–Trinajstić information content (AvgIpc) is 2.52. The van der Waals surface area contributed by atoms with Gasteiger partial charge in [0, 0.05) is 24.0 Å². The molecule has 1 heterocycles. The third-order valence-corrected chi connectivity index (χ3v) is 3.12. The second-order valence-electron chi connectivity index (χ2n) is 4.53. The van der Waals surface area contributed by atoms with Crippen molar-refractivity contribution >= 4 is 11.5 Å². The molecule has 21 heavy (non-hydrogen) atoms. The molecule has 0 saturated heterocycles. The molecule has 0 aliphatic rings. The Kier molecular flexibility index (Phi) is 4.61. The number of pyridine rings is 1. The number of hydrogen-bond acceptors (Lipinski definition) is 5. The van der Waals surface area contributed by atoms with E-state index in [9.17, 15) is 0 Å². The van der Waals surface area contributed by atoms with Crippen LogP contribution in [0.3, 0.4) is 0 Å². The van der Waals surface area contributed by atoms with Gasteiger partial charge >= 0.3 is 0 Å². The van der Waals surface area contributed by atoms with E-state index in [0.717, 1.165) is 22.6 Å². The van der Waals surface area contributed by atoms with Crippen LogP contribution in [0.5, 0.6) is 5.75 Å². The lowest BCUT2D eigenvalue weighted by Crippen LogP contribution is -2.18. The Bertz CT molecular complexity index is 656. The molecule has 0 unspecified atom stereocenters. The lowest BCUT2D eigenvalue weighted by atomic mass is 10.1. The number of nitrogens with zero attached hydrogens (tertiary/aromatic N) is 2. The first-order valence-corrected chi connectivity index (χ1v) is 6.46. The number of hydrogen-bond donors (Lipinski definition) is 3. The minimum Gasteiger partial charge on any atom is -0.496 e. The second-order valence-corrected chi connectivity index (χ2v) is 4.53. The number of anilines is 1. The van der Waals surface area contributed by atoms with Gasteiger partial charge in [0.05, 0.1) is 7.11 Å². The number of rotatable bonds is 5. The fraction of sp³-hybridized carbons (Fsp3) is 0.200. The number of aromatic nitrogens is 1. The maximum atomic E-state index is 8.78. The highest BCUT2D eigenvalue weighted by molar-refractivity contribution is 5.96. The number of benzene rings is 1. The minimum absolute atomic E-state index is 0.00156. The SMILES string of the molecule is COc1ccc(NCc2cccnc2C(N)=NO)cc1C. The van der Waals surface area contributed by atoms with Gasteiger partial charge in [0.1, 0.15) is 11.4 Å². The summed E-state index contributed by atoms with van der Waals surface area (Å²) in [6.07, 6.45) is 1.61. The molecule has 4 N–H and O–H groups in total. The molecular weight excluding hydrogens is 268 g/mol.